The average molecular weight is 285 g/mol. The van der Waals surface area contributed by atoms with E-state index in [4.69, 9.17) is 6.42 Å². The zero-order chi connectivity index (χ0) is 14.9. The Morgan fingerprint density at radius 2 is 2.14 bits per heavy atom. The first-order chi connectivity index (χ1) is 10.3. The van der Waals surface area contributed by atoms with E-state index in [1.807, 2.05) is 6.07 Å². The number of nitrogens with one attached hydrogen (secondary N) is 2. The Morgan fingerprint density at radius 3 is 2.90 bits per heavy atom. The molecule has 1 aliphatic rings. The largest absolute Gasteiger partial charge is 0.338 e. The van der Waals surface area contributed by atoms with Gasteiger partial charge in [0.15, 0.2) is 0 Å². The van der Waals surface area contributed by atoms with Crippen molar-refractivity contribution in [2.24, 2.45) is 5.92 Å². The zero-order valence-corrected chi connectivity index (χ0v) is 12.3. The molecule has 0 saturated carbocycles. The number of urea groups is 1. The molecule has 1 atom stereocenters. The third-order valence-corrected chi connectivity index (χ3v) is 3.83. The molecule has 1 heterocycles. The van der Waals surface area contributed by atoms with E-state index in [0.717, 1.165) is 39.0 Å². The number of terminal acetylenes is 1. The van der Waals surface area contributed by atoms with Gasteiger partial charge in [0, 0.05) is 19.6 Å². The molecule has 1 saturated heterocycles. The Bertz CT molecular complexity index is 481. The summed E-state index contributed by atoms with van der Waals surface area (Å²) in [4.78, 5) is 13.9. The number of carbonyl (C=O) groups is 1. The highest BCUT2D eigenvalue weighted by Gasteiger charge is 2.22. The second-order valence-electron chi connectivity index (χ2n) is 5.46. The van der Waals surface area contributed by atoms with Gasteiger partial charge >= 0.3 is 6.03 Å². The van der Waals surface area contributed by atoms with E-state index >= 15 is 0 Å². The summed E-state index contributed by atoms with van der Waals surface area (Å²) in [5.41, 5.74) is 1.38. The van der Waals surface area contributed by atoms with E-state index in [0.29, 0.717) is 5.92 Å². The van der Waals surface area contributed by atoms with Crippen LogP contribution in [-0.2, 0) is 6.42 Å². The van der Waals surface area contributed by atoms with Crippen LogP contribution in [0.3, 0.4) is 0 Å². The van der Waals surface area contributed by atoms with E-state index in [1.54, 1.807) is 0 Å². The van der Waals surface area contributed by atoms with Crippen LogP contribution in [0.1, 0.15) is 12.0 Å². The topological polar surface area (TPSA) is 44.4 Å². The summed E-state index contributed by atoms with van der Waals surface area (Å²) in [7, 11) is 0. The predicted molar refractivity (Wildman–Crippen MR) is 84.9 cm³/mol. The van der Waals surface area contributed by atoms with E-state index in [-0.39, 0.29) is 12.6 Å². The molecule has 2 rings (SSSR count). The van der Waals surface area contributed by atoms with Crippen molar-refractivity contribution in [1.29, 1.82) is 0 Å². The lowest BCUT2D eigenvalue weighted by molar-refractivity contribution is 0.239. The molecule has 0 bridgehead atoms. The number of amides is 2. The van der Waals surface area contributed by atoms with Crippen molar-refractivity contribution in [1.82, 2.24) is 15.5 Å². The molecule has 0 spiro atoms. The van der Waals surface area contributed by atoms with E-state index < -0.39 is 0 Å². The first-order valence-corrected chi connectivity index (χ1v) is 7.49. The van der Waals surface area contributed by atoms with Gasteiger partial charge in [-0.2, -0.15) is 0 Å². The van der Waals surface area contributed by atoms with Gasteiger partial charge in [-0.25, -0.2) is 4.79 Å². The number of hydrogen-bond acceptors (Lipinski definition) is 2. The van der Waals surface area contributed by atoms with Crippen LogP contribution in [0, 0.1) is 18.3 Å². The van der Waals surface area contributed by atoms with Gasteiger partial charge in [-0.1, -0.05) is 36.3 Å². The summed E-state index contributed by atoms with van der Waals surface area (Å²) in [6, 6.07) is 10.4. The number of rotatable bonds is 6. The molecule has 112 valence electrons. The lowest BCUT2D eigenvalue weighted by Gasteiger charge is -2.16. The number of hydrogen-bond donors (Lipinski definition) is 2. The van der Waals surface area contributed by atoms with Gasteiger partial charge in [0.2, 0.25) is 0 Å². The molecule has 21 heavy (non-hydrogen) atoms. The van der Waals surface area contributed by atoms with Crippen molar-refractivity contribution in [2.75, 3.05) is 32.7 Å². The van der Waals surface area contributed by atoms with Crippen molar-refractivity contribution in [3.63, 3.8) is 0 Å². The van der Waals surface area contributed by atoms with Crippen LogP contribution in [0.2, 0.25) is 0 Å². The Hall–Kier alpha value is -1.99. The standard InChI is InChI=1S/C17H23N3O/c1-2-10-18-17(21)19-13-16-9-12-20(14-16)11-8-15-6-4-3-5-7-15/h1,3-7,16H,8-14H2,(H2,18,19,21)/t16-/m0/s1. The monoisotopic (exact) mass is 285 g/mol. The van der Waals surface area contributed by atoms with Crippen LogP contribution in [0.25, 0.3) is 0 Å². The maximum atomic E-state index is 11.4. The molecular weight excluding hydrogens is 262 g/mol. The Balaban J connectivity index is 1.62. The van der Waals surface area contributed by atoms with Crippen molar-refractivity contribution in [3.05, 3.63) is 35.9 Å². The fraction of sp³-hybridized carbons (Fsp3) is 0.471. The molecule has 2 amide bonds. The molecule has 4 heteroatoms. The molecule has 1 aliphatic heterocycles. The van der Waals surface area contributed by atoms with Crippen LogP contribution in [-0.4, -0.2) is 43.7 Å². The Kier molecular flexibility index (Phi) is 6.11. The minimum absolute atomic E-state index is 0.171. The minimum Gasteiger partial charge on any atom is -0.338 e. The summed E-state index contributed by atoms with van der Waals surface area (Å²) in [5.74, 6) is 2.92. The van der Waals surface area contributed by atoms with Gasteiger partial charge in [-0.3, -0.25) is 0 Å². The molecule has 4 nitrogen and oxygen atoms in total. The van der Waals surface area contributed by atoms with E-state index in [9.17, 15) is 4.79 Å². The lowest BCUT2D eigenvalue weighted by Crippen LogP contribution is -2.39. The molecule has 0 aliphatic carbocycles. The first kappa shape index (κ1) is 15.4. The van der Waals surface area contributed by atoms with Gasteiger partial charge < -0.3 is 15.5 Å². The summed E-state index contributed by atoms with van der Waals surface area (Å²) in [6.07, 6.45) is 7.33. The second kappa shape index (κ2) is 8.33. The maximum absolute atomic E-state index is 11.4. The van der Waals surface area contributed by atoms with Crippen molar-refractivity contribution >= 4 is 6.03 Å². The third kappa shape index (κ3) is 5.49. The minimum atomic E-state index is -0.171. The normalized spacial score (nSPS) is 18.1. The summed E-state index contributed by atoms with van der Waals surface area (Å²) in [5, 5.41) is 5.50. The lowest BCUT2D eigenvalue weighted by atomic mass is 10.1. The fourth-order valence-corrected chi connectivity index (χ4v) is 2.65. The quantitative estimate of drug-likeness (QED) is 0.778. The molecule has 0 unspecified atom stereocenters. The Morgan fingerprint density at radius 1 is 1.33 bits per heavy atom. The second-order valence-corrected chi connectivity index (χ2v) is 5.46. The van der Waals surface area contributed by atoms with E-state index in [2.05, 4.69) is 45.7 Å². The highest BCUT2D eigenvalue weighted by Crippen LogP contribution is 2.15. The van der Waals surface area contributed by atoms with Crippen molar-refractivity contribution in [3.8, 4) is 12.3 Å². The first-order valence-electron chi connectivity index (χ1n) is 7.49. The molecule has 2 N–H and O–H groups in total. The summed E-state index contributed by atoms with van der Waals surface area (Å²) in [6.45, 7) is 4.26. The fourth-order valence-electron chi connectivity index (χ4n) is 2.65. The SMILES string of the molecule is C#CCNC(=O)NC[C@@H]1CCN(CCc2ccccc2)C1. The molecule has 1 aromatic rings. The predicted octanol–water partition coefficient (Wildman–Crippen LogP) is 1.48. The van der Waals surface area contributed by atoms with Gasteiger partial charge in [0.1, 0.15) is 0 Å². The molecule has 0 aromatic heterocycles. The van der Waals surface area contributed by atoms with Gasteiger partial charge in [-0.05, 0) is 30.9 Å². The molecular formula is C17H23N3O. The molecule has 0 radical (unpaired) electrons. The van der Waals surface area contributed by atoms with Crippen LogP contribution < -0.4 is 10.6 Å². The van der Waals surface area contributed by atoms with E-state index in [1.165, 1.54) is 5.56 Å². The molecule has 1 fully saturated rings. The number of nitrogens with zero attached hydrogens (tertiary/aromatic N) is 1. The van der Waals surface area contributed by atoms with Crippen LogP contribution in [0.4, 0.5) is 4.79 Å². The zero-order valence-electron chi connectivity index (χ0n) is 12.3. The van der Waals surface area contributed by atoms with Crippen LogP contribution >= 0.6 is 0 Å². The highest BCUT2D eigenvalue weighted by molar-refractivity contribution is 5.74. The third-order valence-electron chi connectivity index (χ3n) is 3.83. The number of carbonyl (C=O) groups excluding carboxylic acids is 1. The average Bonchev–Trinajstić information content (AvgIpc) is 2.98. The highest BCUT2D eigenvalue weighted by atomic mass is 16.2. The summed E-state index contributed by atoms with van der Waals surface area (Å²) >= 11 is 0. The number of benzene rings is 1. The maximum Gasteiger partial charge on any atom is 0.315 e. The summed E-state index contributed by atoms with van der Waals surface area (Å²) < 4.78 is 0. The van der Waals surface area contributed by atoms with Gasteiger partial charge in [-0.15, -0.1) is 6.42 Å². The van der Waals surface area contributed by atoms with Crippen LogP contribution in [0.15, 0.2) is 30.3 Å². The van der Waals surface area contributed by atoms with Crippen LogP contribution in [0.5, 0.6) is 0 Å². The molecule has 1 aromatic carbocycles. The van der Waals surface area contributed by atoms with Gasteiger partial charge in [0.25, 0.3) is 0 Å². The Labute approximate surface area is 126 Å². The van der Waals surface area contributed by atoms with Gasteiger partial charge in [0.05, 0.1) is 6.54 Å². The smallest absolute Gasteiger partial charge is 0.315 e. The van der Waals surface area contributed by atoms with Crippen molar-refractivity contribution < 1.29 is 4.79 Å². The van der Waals surface area contributed by atoms with Crippen molar-refractivity contribution in [2.45, 2.75) is 12.8 Å². The number of likely N-dealkylation sites (tertiary alicyclic amines) is 1.